The van der Waals surface area contributed by atoms with Crippen LogP contribution in [0.1, 0.15) is 33.8 Å². The van der Waals surface area contributed by atoms with E-state index in [1.165, 1.54) is 29.6 Å². The Morgan fingerprint density at radius 1 is 1.26 bits per heavy atom. The summed E-state index contributed by atoms with van der Waals surface area (Å²) in [5.41, 5.74) is -0.0950. The van der Waals surface area contributed by atoms with Crippen LogP contribution in [0.4, 0.5) is 0 Å². The minimum absolute atomic E-state index is 0.0832. The molecule has 1 aliphatic rings. The molecule has 0 spiro atoms. The van der Waals surface area contributed by atoms with Gasteiger partial charge in [0.25, 0.3) is 5.91 Å². The Bertz CT molecular complexity index is 711. The molecule has 0 aliphatic carbocycles. The van der Waals surface area contributed by atoms with Crippen molar-refractivity contribution in [3.63, 3.8) is 0 Å². The molecule has 2 heterocycles. The fourth-order valence-electron chi connectivity index (χ4n) is 2.54. The van der Waals surface area contributed by atoms with E-state index < -0.39 is 16.0 Å². The van der Waals surface area contributed by atoms with Gasteiger partial charge >= 0.3 is 5.97 Å². The van der Waals surface area contributed by atoms with Gasteiger partial charge in [0.2, 0.25) is 10.0 Å². The van der Waals surface area contributed by atoms with Crippen LogP contribution in [0.15, 0.2) is 18.2 Å². The lowest BCUT2D eigenvalue weighted by atomic mass is 10.0. The highest BCUT2D eigenvalue weighted by molar-refractivity contribution is 7.88. The molecule has 8 nitrogen and oxygen atoms in total. The first kappa shape index (κ1) is 17.4. The van der Waals surface area contributed by atoms with Gasteiger partial charge in [-0.1, -0.05) is 6.07 Å². The van der Waals surface area contributed by atoms with Gasteiger partial charge < -0.3 is 10.0 Å². The van der Waals surface area contributed by atoms with Crippen molar-refractivity contribution in [2.75, 3.05) is 26.4 Å². The van der Waals surface area contributed by atoms with Crippen molar-refractivity contribution in [3.8, 4) is 0 Å². The summed E-state index contributed by atoms with van der Waals surface area (Å²) in [5.74, 6) is -1.53. The topological polar surface area (TPSA) is 108 Å². The number of carboxylic acids is 1. The van der Waals surface area contributed by atoms with Gasteiger partial charge in [-0.2, -0.15) is 0 Å². The molecule has 1 amide bonds. The van der Waals surface area contributed by atoms with Crippen LogP contribution in [-0.2, 0) is 10.0 Å². The monoisotopic (exact) mass is 341 g/mol. The summed E-state index contributed by atoms with van der Waals surface area (Å²) < 4.78 is 24.4. The summed E-state index contributed by atoms with van der Waals surface area (Å²) >= 11 is 0. The summed E-state index contributed by atoms with van der Waals surface area (Å²) in [6, 6.07) is 4.15. The molecule has 0 bridgehead atoms. The largest absolute Gasteiger partial charge is 0.477 e. The van der Waals surface area contributed by atoms with Crippen LogP contribution in [0.2, 0.25) is 0 Å². The second kappa shape index (κ2) is 6.63. The van der Waals surface area contributed by atoms with Gasteiger partial charge in [-0.05, 0) is 25.0 Å². The maximum Gasteiger partial charge on any atom is 0.354 e. The fourth-order valence-corrected chi connectivity index (χ4v) is 3.29. The Morgan fingerprint density at radius 2 is 1.83 bits per heavy atom. The molecule has 1 fully saturated rings. The third-order valence-electron chi connectivity index (χ3n) is 3.98. The van der Waals surface area contributed by atoms with E-state index in [9.17, 15) is 18.0 Å². The summed E-state index contributed by atoms with van der Waals surface area (Å²) in [4.78, 5) is 28.7. The van der Waals surface area contributed by atoms with Crippen molar-refractivity contribution in [3.05, 3.63) is 29.6 Å². The van der Waals surface area contributed by atoms with Gasteiger partial charge in [0.15, 0.2) is 0 Å². The van der Waals surface area contributed by atoms with E-state index in [0.29, 0.717) is 25.9 Å². The predicted octanol–water partition coefficient (Wildman–Crippen LogP) is 0.276. The number of rotatable bonds is 4. The number of aromatic nitrogens is 1. The van der Waals surface area contributed by atoms with E-state index in [4.69, 9.17) is 5.11 Å². The number of piperidine rings is 1. The number of likely N-dealkylation sites (tertiary alicyclic amines) is 1. The van der Waals surface area contributed by atoms with Gasteiger partial charge in [0.1, 0.15) is 11.4 Å². The van der Waals surface area contributed by atoms with Crippen LogP contribution in [0.25, 0.3) is 0 Å². The maximum atomic E-state index is 12.4. The molecule has 1 aromatic rings. The smallest absolute Gasteiger partial charge is 0.354 e. The number of carbonyl (C=O) groups excluding carboxylic acids is 1. The minimum atomic E-state index is -3.26. The number of carboxylic acid groups (broad SMARTS) is 1. The van der Waals surface area contributed by atoms with E-state index in [-0.39, 0.29) is 23.3 Å². The predicted molar refractivity (Wildman–Crippen MR) is 82.7 cm³/mol. The minimum Gasteiger partial charge on any atom is -0.477 e. The standard InChI is InChI=1S/C14H19N3O5S/c1-16(23(2,21)22)10-6-8-17(9-7-10)13(18)11-4-3-5-12(15-11)14(19)20/h3-5,10H,6-9H2,1-2H3,(H,19,20). The lowest BCUT2D eigenvalue weighted by molar-refractivity contribution is 0.0677. The number of hydrogen-bond acceptors (Lipinski definition) is 5. The van der Waals surface area contributed by atoms with Crippen LogP contribution < -0.4 is 0 Å². The molecule has 1 aliphatic heterocycles. The normalized spacial score (nSPS) is 16.6. The van der Waals surface area contributed by atoms with Crippen LogP contribution in [0, 0.1) is 0 Å². The average Bonchev–Trinajstić information content (AvgIpc) is 2.53. The van der Waals surface area contributed by atoms with Crippen molar-refractivity contribution in [1.82, 2.24) is 14.2 Å². The van der Waals surface area contributed by atoms with E-state index in [1.54, 1.807) is 4.90 Å². The van der Waals surface area contributed by atoms with E-state index >= 15 is 0 Å². The number of pyridine rings is 1. The molecule has 0 unspecified atom stereocenters. The van der Waals surface area contributed by atoms with Crippen molar-refractivity contribution in [1.29, 1.82) is 0 Å². The second-order valence-corrected chi connectivity index (χ2v) is 7.56. The van der Waals surface area contributed by atoms with Crippen molar-refractivity contribution in [2.45, 2.75) is 18.9 Å². The van der Waals surface area contributed by atoms with E-state index in [2.05, 4.69) is 4.98 Å². The molecule has 1 aromatic heterocycles. The van der Waals surface area contributed by atoms with Crippen LogP contribution in [-0.4, -0.2) is 72.0 Å². The molecule has 1 N–H and O–H groups in total. The zero-order chi connectivity index (χ0) is 17.2. The molecule has 23 heavy (non-hydrogen) atoms. The van der Waals surface area contributed by atoms with Crippen molar-refractivity contribution < 1.29 is 23.1 Å². The van der Waals surface area contributed by atoms with Gasteiger partial charge in [-0.25, -0.2) is 22.5 Å². The molecule has 126 valence electrons. The van der Waals surface area contributed by atoms with Crippen LogP contribution in [0.5, 0.6) is 0 Å². The molecule has 1 saturated heterocycles. The summed E-state index contributed by atoms with van der Waals surface area (Å²) in [6.45, 7) is 0.810. The summed E-state index contributed by atoms with van der Waals surface area (Å²) in [6.07, 6.45) is 2.23. The van der Waals surface area contributed by atoms with Gasteiger partial charge in [-0.15, -0.1) is 0 Å². The molecule has 0 aromatic carbocycles. The molecular weight excluding hydrogens is 322 g/mol. The molecule has 0 saturated carbocycles. The number of amides is 1. The Kier molecular flexibility index (Phi) is 5.00. The third kappa shape index (κ3) is 4.05. The molecule has 2 rings (SSSR count). The van der Waals surface area contributed by atoms with Crippen molar-refractivity contribution in [2.24, 2.45) is 0 Å². The van der Waals surface area contributed by atoms with Gasteiger partial charge in [-0.3, -0.25) is 4.79 Å². The highest BCUT2D eigenvalue weighted by Crippen LogP contribution is 2.19. The number of carbonyl (C=O) groups is 2. The molecule has 0 radical (unpaired) electrons. The summed E-state index contributed by atoms with van der Waals surface area (Å²) in [7, 11) is -1.72. The van der Waals surface area contributed by atoms with E-state index in [1.807, 2.05) is 0 Å². The Hall–Kier alpha value is -2.00. The first-order valence-corrected chi connectivity index (χ1v) is 8.97. The molecule has 0 atom stereocenters. The lowest BCUT2D eigenvalue weighted by Crippen LogP contribution is -2.47. The number of sulfonamides is 1. The Labute approximate surface area is 134 Å². The highest BCUT2D eigenvalue weighted by atomic mass is 32.2. The Balaban J connectivity index is 2.04. The maximum absolute atomic E-state index is 12.4. The first-order chi connectivity index (χ1) is 10.7. The average molecular weight is 341 g/mol. The number of hydrogen-bond donors (Lipinski definition) is 1. The quantitative estimate of drug-likeness (QED) is 0.842. The van der Waals surface area contributed by atoms with Crippen LogP contribution >= 0.6 is 0 Å². The van der Waals surface area contributed by atoms with Gasteiger partial charge in [0.05, 0.1) is 6.26 Å². The zero-order valence-corrected chi connectivity index (χ0v) is 13.8. The Morgan fingerprint density at radius 3 is 2.35 bits per heavy atom. The molecular formula is C14H19N3O5S. The zero-order valence-electron chi connectivity index (χ0n) is 13.0. The van der Waals surface area contributed by atoms with Crippen LogP contribution in [0.3, 0.4) is 0 Å². The van der Waals surface area contributed by atoms with Gasteiger partial charge in [0, 0.05) is 26.2 Å². The lowest BCUT2D eigenvalue weighted by Gasteiger charge is -2.35. The second-order valence-electron chi connectivity index (χ2n) is 5.52. The number of nitrogens with zero attached hydrogens (tertiary/aromatic N) is 3. The SMILES string of the molecule is CN(C1CCN(C(=O)c2cccc(C(=O)O)n2)CC1)S(C)(=O)=O. The van der Waals surface area contributed by atoms with Crippen molar-refractivity contribution >= 4 is 21.9 Å². The molecule has 9 heteroatoms. The fraction of sp³-hybridized carbons (Fsp3) is 0.500. The summed E-state index contributed by atoms with van der Waals surface area (Å²) in [5, 5.41) is 8.92. The first-order valence-electron chi connectivity index (χ1n) is 7.13. The third-order valence-corrected chi connectivity index (χ3v) is 5.32. The van der Waals surface area contributed by atoms with E-state index in [0.717, 1.165) is 6.26 Å². The highest BCUT2D eigenvalue weighted by Gasteiger charge is 2.29. The number of aromatic carboxylic acids is 1.